The normalized spacial score (nSPS) is 11.9. The number of fused-ring (bicyclic) bond motifs is 15. The van der Waals surface area contributed by atoms with Crippen LogP contribution in [0.2, 0.25) is 0 Å². The van der Waals surface area contributed by atoms with Crippen LogP contribution in [0.25, 0.3) is 82.1 Å². The summed E-state index contributed by atoms with van der Waals surface area (Å²) in [5.41, 5.74) is 7.35. The molecule has 7 heteroatoms. The summed E-state index contributed by atoms with van der Waals surface area (Å²) in [6.45, 7) is 0. The molecule has 6 aromatic carbocycles. The van der Waals surface area contributed by atoms with Crippen molar-refractivity contribution >= 4 is 76.5 Å². The molecule has 0 bridgehead atoms. The van der Waals surface area contributed by atoms with E-state index in [1.807, 2.05) is 36.9 Å². The summed E-state index contributed by atoms with van der Waals surface area (Å²) in [5, 5.41) is 8.65. The minimum Gasteiger partial charge on any atom is -0.497 e. The van der Waals surface area contributed by atoms with Gasteiger partial charge in [-0.25, -0.2) is 0 Å². The second-order valence-electron chi connectivity index (χ2n) is 12.2. The standard InChI is InChI=1S/C42H23N5O.Pd/c1-2-8-26(9-3-1)47-38-13-7-5-11-32(38)34-24-39-33(25-40(34)47)30-17-15-28(23-36(30)42-44-19-21-46(39)42)48-27-14-16-29-31-10-4-6-12-37(31)45-20-18-43-41(45)35(29)22-27;/h1-21,24-25H;/q-2;+2. The molecule has 5 aromatic heterocycles. The Morgan fingerprint density at radius 2 is 1.00 bits per heavy atom. The number of imidazole rings is 2. The number of hydrogen-bond acceptors (Lipinski definition) is 3. The van der Waals surface area contributed by atoms with Crippen molar-refractivity contribution in [2.75, 3.05) is 0 Å². The Balaban J connectivity index is 0.00000306. The molecule has 0 saturated heterocycles. The molecule has 49 heavy (non-hydrogen) atoms. The van der Waals surface area contributed by atoms with Crippen LogP contribution < -0.4 is 4.74 Å². The van der Waals surface area contributed by atoms with Crippen LogP contribution >= 0.6 is 0 Å². The molecule has 0 spiro atoms. The molecule has 11 rings (SSSR count). The van der Waals surface area contributed by atoms with Crippen molar-refractivity contribution in [3.05, 3.63) is 152 Å². The fourth-order valence-electron chi connectivity index (χ4n) is 7.54. The topological polar surface area (TPSA) is 48.8 Å². The van der Waals surface area contributed by atoms with Gasteiger partial charge >= 0.3 is 20.4 Å². The summed E-state index contributed by atoms with van der Waals surface area (Å²) in [6, 6.07) is 47.4. The Bertz CT molecular complexity index is 3100. The van der Waals surface area contributed by atoms with Gasteiger partial charge in [0.25, 0.3) is 0 Å². The van der Waals surface area contributed by atoms with Crippen LogP contribution in [0.3, 0.4) is 0 Å². The number of rotatable bonds is 3. The molecule has 0 fully saturated rings. The molecule has 0 aliphatic heterocycles. The predicted molar refractivity (Wildman–Crippen MR) is 192 cm³/mol. The van der Waals surface area contributed by atoms with Crippen molar-refractivity contribution in [2.24, 2.45) is 0 Å². The number of pyridine rings is 2. The SMILES string of the molecule is [Pd+2].[c-]1c(Oc2[c-]c3c(cc2)c2cc4c(cc2n2ccnc32)c2ccccc2n4-c2ccccc2)ccc2c1c1nccn1c1ccccc21. The van der Waals surface area contributed by atoms with Gasteiger partial charge in [0.1, 0.15) is 0 Å². The Morgan fingerprint density at radius 1 is 0.469 bits per heavy atom. The summed E-state index contributed by atoms with van der Waals surface area (Å²) in [5.74, 6) is 1.20. The first kappa shape index (κ1) is 28.1. The number of ether oxygens (including phenoxy) is 1. The maximum absolute atomic E-state index is 6.47. The van der Waals surface area contributed by atoms with Gasteiger partial charge in [0.05, 0.1) is 22.3 Å². The predicted octanol–water partition coefficient (Wildman–Crippen LogP) is 10.1. The average Bonchev–Trinajstić information content (AvgIpc) is 3.90. The Kier molecular flexibility index (Phi) is 6.01. The fourth-order valence-corrected chi connectivity index (χ4v) is 7.54. The average molecular weight is 720 g/mol. The minimum absolute atomic E-state index is 0. The van der Waals surface area contributed by atoms with Crippen molar-refractivity contribution in [3.8, 4) is 17.2 Å². The molecule has 0 amide bonds. The summed E-state index contributed by atoms with van der Waals surface area (Å²) < 4.78 is 13.1. The zero-order valence-corrected chi connectivity index (χ0v) is 27.3. The number of nitrogens with zero attached hydrogens (tertiary/aromatic N) is 5. The Morgan fingerprint density at radius 3 is 1.69 bits per heavy atom. The monoisotopic (exact) mass is 719 g/mol. The van der Waals surface area contributed by atoms with Crippen molar-refractivity contribution in [1.82, 2.24) is 23.3 Å². The molecule has 0 radical (unpaired) electrons. The van der Waals surface area contributed by atoms with Crippen molar-refractivity contribution in [3.63, 3.8) is 0 Å². The molecule has 11 aromatic rings. The molecule has 5 heterocycles. The van der Waals surface area contributed by atoms with Gasteiger partial charge in [-0.15, -0.1) is 12.1 Å². The third-order valence-electron chi connectivity index (χ3n) is 9.59. The molecular weight excluding hydrogens is 697 g/mol. The van der Waals surface area contributed by atoms with Crippen molar-refractivity contribution in [1.29, 1.82) is 0 Å². The molecule has 0 atom stereocenters. The fraction of sp³-hybridized carbons (Fsp3) is 0. The zero-order chi connectivity index (χ0) is 31.3. The summed E-state index contributed by atoms with van der Waals surface area (Å²) in [7, 11) is 0. The Labute approximate surface area is 293 Å². The van der Waals surface area contributed by atoms with Gasteiger partial charge in [0.15, 0.2) is 0 Å². The van der Waals surface area contributed by atoms with Gasteiger partial charge in [0.2, 0.25) is 0 Å². The van der Waals surface area contributed by atoms with E-state index in [9.17, 15) is 0 Å². The second kappa shape index (κ2) is 10.5. The van der Waals surface area contributed by atoms with Gasteiger partial charge in [-0.2, -0.15) is 0 Å². The van der Waals surface area contributed by atoms with E-state index in [1.165, 1.54) is 16.3 Å². The molecule has 6 nitrogen and oxygen atoms in total. The van der Waals surface area contributed by atoms with E-state index >= 15 is 0 Å². The second-order valence-corrected chi connectivity index (χ2v) is 12.2. The van der Waals surface area contributed by atoms with Gasteiger partial charge < -0.3 is 18.1 Å². The first-order valence-electron chi connectivity index (χ1n) is 15.9. The number of aromatic nitrogens is 5. The van der Waals surface area contributed by atoms with E-state index in [1.54, 1.807) is 0 Å². The maximum Gasteiger partial charge on any atom is 2.00 e. The van der Waals surface area contributed by atoms with E-state index < -0.39 is 0 Å². The molecule has 0 unspecified atom stereocenters. The largest absolute Gasteiger partial charge is 2.00 e. The molecule has 0 saturated carbocycles. The first-order chi connectivity index (χ1) is 23.8. The summed E-state index contributed by atoms with van der Waals surface area (Å²) in [4.78, 5) is 9.45. The molecule has 0 N–H and O–H groups in total. The van der Waals surface area contributed by atoms with Crippen LogP contribution in [0.5, 0.6) is 11.5 Å². The van der Waals surface area contributed by atoms with E-state index in [4.69, 9.17) is 9.72 Å². The number of hydrogen-bond donors (Lipinski definition) is 0. The van der Waals surface area contributed by atoms with Crippen LogP contribution in [0.15, 0.2) is 140 Å². The van der Waals surface area contributed by atoms with Crippen LogP contribution in [0.4, 0.5) is 0 Å². The van der Waals surface area contributed by atoms with E-state index in [-0.39, 0.29) is 20.4 Å². The molecular formula is C42H23N5OPd. The first-order valence-corrected chi connectivity index (χ1v) is 15.9. The van der Waals surface area contributed by atoms with E-state index in [0.29, 0.717) is 11.5 Å². The van der Waals surface area contributed by atoms with Gasteiger partial charge in [-0.05, 0) is 47.2 Å². The smallest absolute Gasteiger partial charge is 0.497 e. The van der Waals surface area contributed by atoms with Crippen molar-refractivity contribution < 1.29 is 25.2 Å². The van der Waals surface area contributed by atoms with Gasteiger partial charge in [0, 0.05) is 63.8 Å². The quantitative estimate of drug-likeness (QED) is 0.104. The number of para-hydroxylation sites is 3. The number of benzene rings is 6. The molecule has 232 valence electrons. The summed E-state index contributed by atoms with van der Waals surface area (Å²) in [6.07, 6.45) is 7.69. The van der Waals surface area contributed by atoms with Crippen LogP contribution in [0.1, 0.15) is 0 Å². The van der Waals surface area contributed by atoms with E-state index in [0.717, 1.165) is 65.8 Å². The van der Waals surface area contributed by atoms with Crippen LogP contribution in [0, 0.1) is 12.1 Å². The van der Waals surface area contributed by atoms with Crippen molar-refractivity contribution in [2.45, 2.75) is 0 Å². The third-order valence-corrected chi connectivity index (χ3v) is 9.59. The van der Waals surface area contributed by atoms with E-state index in [2.05, 4.69) is 134 Å². The molecule has 0 aliphatic rings. The maximum atomic E-state index is 6.47. The Hall–Kier alpha value is -6.00. The minimum atomic E-state index is 0. The van der Waals surface area contributed by atoms with Gasteiger partial charge in [-0.3, -0.25) is 9.97 Å². The van der Waals surface area contributed by atoms with Crippen LogP contribution in [-0.2, 0) is 20.4 Å². The van der Waals surface area contributed by atoms with Crippen LogP contribution in [-0.4, -0.2) is 23.3 Å². The molecule has 0 aliphatic carbocycles. The summed E-state index contributed by atoms with van der Waals surface area (Å²) >= 11 is 0. The zero-order valence-electron chi connectivity index (χ0n) is 25.7. The third kappa shape index (κ3) is 3.98. The van der Waals surface area contributed by atoms with Gasteiger partial charge in [-0.1, -0.05) is 100 Å².